The minimum absolute atomic E-state index is 0.253. The largest absolute Gasteiger partial charge is 0.488 e. The number of benzene rings is 2. The second kappa shape index (κ2) is 20.5. The molecule has 0 spiro atoms. The summed E-state index contributed by atoms with van der Waals surface area (Å²) in [5, 5.41) is 28.6. The van der Waals surface area contributed by atoms with Gasteiger partial charge in [0.15, 0.2) is 5.13 Å². The summed E-state index contributed by atoms with van der Waals surface area (Å²) in [6.07, 6.45) is 1.53. The van der Waals surface area contributed by atoms with Gasteiger partial charge in [0.05, 0.1) is 56.5 Å². The molecule has 5 N–H and O–H groups in total. The lowest BCUT2D eigenvalue weighted by atomic mass is 9.77. The van der Waals surface area contributed by atoms with Gasteiger partial charge in [-0.05, 0) is 50.0 Å². The van der Waals surface area contributed by atoms with Gasteiger partial charge in [-0.25, -0.2) is 15.0 Å². The smallest absolute Gasteiger partial charge is 0.423 e. The van der Waals surface area contributed by atoms with Gasteiger partial charge in [-0.2, -0.15) is 0 Å². The van der Waals surface area contributed by atoms with Gasteiger partial charge in [-0.15, -0.1) is 0 Å². The normalized spacial score (nSPS) is 13.2. The van der Waals surface area contributed by atoms with Crippen molar-refractivity contribution in [1.29, 1.82) is 0 Å². The molecule has 2 aromatic carbocycles. The Morgan fingerprint density at radius 1 is 0.889 bits per heavy atom. The van der Waals surface area contributed by atoms with Crippen molar-refractivity contribution in [2.75, 3.05) is 94.4 Å². The number of aryl methyl sites for hydroxylation is 3. The van der Waals surface area contributed by atoms with Crippen molar-refractivity contribution < 1.29 is 33.8 Å². The van der Waals surface area contributed by atoms with E-state index in [0.717, 1.165) is 44.1 Å². The first-order valence-corrected chi connectivity index (χ1v) is 18.9. The fourth-order valence-electron chi connectivity index (χ4n) is 5.67. The van der Waals surface area contributed by atoms with Gasteiger partial charge < -0.3 is 45.1 Å². The van der Waals surface area contributed by atoms with Gasteiger partial charge in [0.1, 0.15) is 22.3 Å². The number of piperazine rings is 1. The van der Waals surface area contributed by atoms with Gasteiger partial charge in [0, 0.05) is 50.9 Å². The summed E-state index contributed by atoms with van der Waals surface area (Å²) in [6, 6.07) is 12.1. The average molecular weight is 781 g/mol. The maximum absolute atomic E-state index is 12.9. The van der Waals surface area contributed by atoms with Gasteiger partial charge in [-0.1, -0.05) is 46.7 Å². The molecule has 288 valence electrons. The van der Waals surface area contributed by atoms with Crippen molar-refractivity contribution in [3.8, 4) is 0 Å². The predicted octanol–water partition coefficient (Wildman–Crippen LogP) is 2.79. The molecule has 2 aromatic heterocycles. The summed E-state index contributed by atoms with van der Waals surface area (Å²) >= 11 is 7.50. The summed E-state index contributed by atoms with van der Waals surface area (Å²) in [4.78, 5) is 43.8. The lowest BCUT2D eigenvalue weighted by Gasteiger charge is -2.35. The van der Waals surface area contributed by atoms with Gasteiger partial charge >= 0.3 is 7.12 Å². The first-order chi connectivity index (χ1) is 26.1. The number of nitrogens with one attached hydrogen (secondary N) is 3. The van der Waals surface area contributed by atoms with Crippen molar-refractivity contribution in [2.24, 2.45) is 0 Å². The first kappa shape index (κ1) is 41.0. The number of aromatic nitrogens is 3. The molecule has 1 saturated heterocycles. The molecule has 0 unspecified atom stereocenters. The molecule has 0 radical (unpaired) electrons. The van der Waals surface area contributed by atoms with Crippen molar-refractivity contribution in [3.63, 3.8) is 0 Å². The second-order valence-corrected chi connectivity index (χ2v) is 14.0. The molecule has 54 heavy (non-hydrogen) atoms. The second-order valence-electron chi connectivity index (χ2n) is 12.6. The number of amides is 2. The van der Waals surface area contributed by atoms with E-state index >= 15 is 0 Å². The van der Waals surface area contributed by atoms with Crippen LogP contribution in [0.3, 0.4) is 0 Å². The minimum Gasteiger partial charge on any atom is -0.423 e. The number of nitrogens with zero attached hydrogens (tertiary/aromatic N) is 5. The number of hydrogen-bond donors (Lipinski definition) is 5. The van der Waals surface area contributed by atoms with E-state index < -0.39 is 7.12 Å². The zero-order chi connectivity index (χ0) is 38.5. The lowest BCUT2D eigenvalue weighted by molar-refractivity contribution is 0.0109. The number of hydrogen-bond acceptors (Lipinski definition) is 14. The SMILES string of the molecule is Cc1nc(Nc2ncc(C(=O)Nc3c(C)cccc3Cl)s2)cc(N2CCN(CCOCCOCCOCCNC(=O)c3ccc(B(O)O)c(C)c3)CC2)n1. The highest BCUT2D eigenvalue weighted by atomic mass is 35.5. The van der Waals surface area contributed by atoms with Gasteiger partial charge in [0.2, 0.25) is 0 Å². The van der Waals surface area contributed by atoms with Crippen LogP contribution in [-0.2, 0) is 14.2 Å². The van der Waals surface area contributed by atoms with E-state index in [0.29, 0.717) is 95.1 Å². The van der Waals surface area contributed by atoms with Crippen LogP contribution in [0.25, 0.3) is 0 Å². The number of thiazole rings is 1. The molecular formula is C36H46BClN8O7S. The zero-order valence-corrected chi connectivity index (χ0v) is 32.2. The summed E-state index contributed by atoms with van der Waals surface area (Å²) in [5.41, 5.74) is 2.91. The van der Waals surface area contributed by atoms with Crippen LogP contribution >= 0.6 is 22.9 Å². The van der Waals surface area contributed by atoms with Crippen molar-refractivity contribution >= 4 is 69.8 Å². The maximum atomic E-state index is 12.9. The minimum atomic E-state index is -1.57. The van der Waals surface area contributed by atoms with Crippen molar-refractivity contribution in [3.05, 3.63) is 81.1 Å². The number of carbonyl (C=O) groups is 2. The Morgan fingerprint density at radius 3 is 2.31 bits per heavy atom. The van der Waals surface area contributed by atoms with Crippen LogP contribution in [0, 0.1) is 20.8 Å². The van der Waals surface area contributed by atoms with Crippen LogP contribution < -0.4 is 26.3 Å². The third-order valence-corrected chi connectivity index (χ3v) is 9.81. The zero-order valence-electron chi connectivity index (χ0n) is 30.6. The van der Waals surface area contributed by atoms with Crippen molar-refractivity contribution in [2.45, 2.75) is 20.8 Å². The third kappa shape index (κ3) is 12.2. The van der Waals surface area contributed by atoms with E-state index in [-0.39, 0.29) is 11.8 Å². The van der Waals surface area contributed by atoms with Gasteiger partial charge in [-0.3, -0.25) is 14.5 Å². The van der Waals surface area contributed by atoms with E-state index in [4.69, 9.17) is 25.8 Å². The highest BCUT2D eigenvalue weighted by molar-refractivity contribution is 7.17. The summed E-state index contributed by atoms with van der Waals surface area (Å²) in [6.45, 7) is 12.7. The third-order valence-electron chi connectivity index (χ3n) is 8.58. The molecule has 0 atom stereocenters. The topological polar surface area (TPSA) is 184 Å². The standard InChI is InChI=1S/C36H46BClN8O7S/c1-24-5-4-6-29(38)33(24)44-35(48)30-23-40-36(54-30)43-31-22-32(42-26(3)41-31)46-12-10-45(11-13-46)14-16-52-18-20-53-19-17-51-15-9-39-34(47)27-7-8-28(37(49)50)25(2)21-27/h4-8,21-23,49-50H,9-20H2,1-3H3,(H,39,47)(H,44,48)(H,40,41,42,43). The molecule has 2 amide bonds. The van der Waals surface area contributed by atoms with E-state index in [1.807, 2.05) is 32.0 Å². The fraction of sp³-hybridized carbons (Fsp3) is 0.417. The van der Waals surface area contributed by atoms with E-state index in [2.05, 4.69) is 40.7 Å². The number of halogens is 1. The van der Waals surface area contributed by atoms with Crippen LogP contribution in [0.15, 0.2) is 48.7 Å². The molecule has 1 aliphatic heterocycles. The Morgan fingerprint density at radius 2 is 1.61 bits per heavy atom. The van der Waals surface area contributed by atoms with E-state index in [9.17, 15) is 19.6 Å². The van der Waals surface area contributed by atoms with Crippen molar-refractivity contribution in [1.82, 2.24) is 25.2 Å². The lowest BCUT2D eigenvalue weighted by Crippen LogP contribution is -2.47. The Labute approximate surface area is 324 Å². The molecule has 18 heteroatoms. The molecule has 15 nitrogen and oxygen atoms in total. The Hall–Kier alpha value is -4.20. The molecular weight excluding hydrogens is 735 g/mol. The first-order valence-electron chi connectivity index (χ1n) is 17.7. The molecule has 3 heterocycles. The number of para-hydroxylation sites is 1. The molecule has 1 aliphatic rings. The molecule has 0 aliphatic carbocycles. The monoisotopic (exact) mass is 780 g/mol. The highest BCUT2D eigenvalue weighted by Gasteiger charge is 2.20. The molecule has 0 saturated carbocycles. The Balaban J connectivity index is 0.914. The number of rotatable bonds is 19. The van der Waals surface area contributed by atoms with Crippen LogP contribution in [0.5, 0.6) is 0 Å². The van der Waals surface area contributed by atoms with Crippen LogP contribution in [0.4, 0.5) is 22.5 Å². The van der Waals surface area contributed by atoms with Gasteiger partial charge in [0.25, 0.3) is 11.8 Å². The maximum Gasteiger partial charge on any atom is 0.488 e. The summed E-state index contributed by atoms with van der Waals surface area (Å²) < 4.78 is 16.9. The molecule has 5 rings (SSSR count). The predicted molar refractivity (Wildman–Crippen MR) is 211 cm³/mol. The Bertz CT molecular complexity index is 1840. The molecule has 1 fully saturated rings. The number of anilines is 4. The Kier molecular flexibility index (Phi) is 15.5. The molecule has 4 aromatic rings. The summed E-state index contributed by atoms with van der Waals surface area (Å²) in [7, 11) is -1.57. The number of carbonyl (C=O) groups excluding carboxylic acids is 2. The van der Waals surface area contributed by atoms with E-state index in [1.54, 1.807) is 25.1 Å². The summed E-state index contributed by atoms with van der Waals surface area (Å²) in [5.74, 6) is 1.54. The fourth-order valence-corrected chi connectivity index (χ4v) is 6.66. The quantitative estimate of drug-likeness (QED) is 0.0693. The van der Waals surface area contributed by atoms with Crippen LogP contribution in [0.2, 0.25) is 5.02 Å². The van der Waals surface area contributed by atoms with E-state index in [1.165, 1.54) is 23.6 Å². The average Bonchev–Trinajstić information content (AvgIpc) is 3.62. The highest BCUT2D eigenvalue weighted by Crippen LogP contribution is 2.28. The molecule has 0 bridgehead atoms. The van der Waals surface area contributed by atoms with Crippen LogP contribution in [0.1, 0.15) is 37.0 Å². The number of ether oxygens (including phenoxy) is 3. The van der Waals surface area contributed by atoms with Crippen LogP contribution in [-0.4, -0.2) is 128 Å².